The highest BCUT2D eigenvalue weighted by Gasteiger charge is 2.35. The Labute approximate surface area is 145 Å². The number of hydrogen-bond donors (Lipinski definition) is 0. The largest absolute Gasteiger partial charge is 0.573 e. The van der Waals surface area contributed by atoms with Crippen molar-refractivity contribution in [3.8, 4) is 5.75 Å². The lowest BCUT2D eigenvalue weighted by Gasteiger charge is -2.36. The molecule has 0 amide bonds. The molecule has 1 fully saturated rings. The third-order valence-corrected chi connectivity index (χ3v) is 5.57. The standard InChI is InChI=1S/C15H21F3N2O4S/c1-11-8-20(9-12(2)23-11)25(21,22)19(3)10-13-6-4-5-7-14(13)24-15(16,17)18/h4-7,11-12H,8-10H2,1-3H3/t11-,12-/m0/s1. The second kappa shape index (κ2) is 7.48. The molecule has 2 rings (SSSR count). The number of para-hydroxylation sites is 1. The van der Waals surface area contributed by atoms with Crippen LogP contribution < -0.4 is 4.74 Å². The van der Waals surface area contributed by atoms with Gasteiger partial charge >= 0.3 is 6.36 Å². The number of hydrogen-bond acceptors (Lipinski definition) is 4. The lowest BCUT2D eigenvalue weighted by Crippen LogP contribution is -2.52. The van der Waals surface area contributed by atoms with Crippen LogP contribution in [0.15, 0.2) is 24.3 Å². The van der Waals surface area contributed by atoms with Gasteiger partial charge in [0.05, 0.1) is 12.2 Å². The highest BCUT2D eigenvalue weighted by Crippen LogP contribution is 2.28. The first-order valence-electron chi connectivity index (χ1n) is 7.69. The van der Waals surface area contributed by atoms with Gasteiger partial charge in [0.25, 0.3) is 10.2 Å². The lowest BCUT2D eigenvalue weighted by atomic mass is 10.2. The summed E-state index contributed by atoms with van der Waals surface area (Å²) in [5.41, 5.74) is 0.125. The molecule has 0 radical (unpaired) electrons. The highest BCUT2D eigenvalue weighted by atomic mass is 32.2. The van der Waals surface area contributed by atoms with Gasteiger partial charge in [-0.2, -0.15) is 17.0 Å². The normalized spacial score (nSPS) is 23.0. The summed E-state index contributed by atoms with van der Waals surface area (Å²) in [6.07, 6.45) is -5.36. The fraction of sp³-hybridized carbons (Fsp3) is 0.600. The van der Waals surface area contributed by atoms with E-state index in [2.05, 4.69) is 4.74 Å². The number of alkyl halides is 3. The molecule has 0 aromatic heterocycles. The first kappa shape index (κ1) is 20.0. The van der Waals surface area contributed by atoms with Crippen LogP contribution in [0.2, 0.25) is 0 Å². The van der Waals surface area contributed by atoms with Gasteiger partial charge in [0.15, 0.2) is 0 Å². The minimum atomic E-state index is -4.84. The average molecular weight is 382 g/mol. The molecule has 1 aliphatic rings. The summed E-state index contributed by atoms with van der Waals surface area (Å²) in [5.74, 6) is -0.416. The highest BCUT2D eigenvalue weighted by molar-refractivity contribution is 7.86. The molecule has 1 aromatic rings. The SMILES string of the molecule is C[C@H]1CN(S(=O)(=O)N(C)Cc2ccccc2OC(F)(F)F)C[C@H](C)O1. The van der Waals surface area contributed by atoms with Gasteiger partial charge in [-0.05, 0) is 19.9 Å². The van der Waals surface area contributed by atoms with Crippen molar-refractivity contribution < 1.29 is 31.1 Å². The first-order valence-corrected chi connectivity index (χ1v) is 9.09. The molecule has 0 unspecified atom stereocenters. The number of rotatable bonds is 5. The van der Waals surface area contributed by atoms with Crippen molar-refractivity contribution in [3.05, 3.63) is 29.8 Å². The van der Waals surface area contributed by atoms with Crippen LogP contribution in [0, 0.1) is 0 Å². The third-order valence-electron chi connectivity index (χ3n) is 3.70. The van der Waals surface area contributed by atoms with Crippen LogP contribution in [0.5, 0.6) is 5.75 Å². The molecule has 0 saturated carbocycles. The minimum absolute atomic E-state index is 0.125. The van der Waals surface area contributed by atoms with Gasteiger partial charge in [0.1, 0.15) is 5.75 Å². The molecule has 0 spiro atoms. The van der Waals surface area contributed by atoms with Crippen LogP contribution in [0.3, 0.4) is 0 Å². The van der Waals surface area contributed by atoms with Crippen molar-refractivity contribution in [2.24, 2.45) is 0 Å². The minimum Gasteiger partial charge on any atom is -0.405 e. The zero-order chi connectivity index (χ0) is 18.8. The second-order valence-corrected chi connectivity index (χ2v) is 8.03. The smallest absolute Gasteiger partial charge is 0.405 e. The molecule has 1 heterocycles. The van der Waals surface area contributed by atoms with E-state index in [0.717, 1.165) is 10.4 Å². The number of morpholine rings is 1. The van der Waals surface area contributed by atoms with E-state index in [0.29, 0.717) is 0 Å². The Balaban J connectivity index is 2.17. The molecule has 25 heavy (non-hydrogen) atoms. The summed E-state index contributed by atoms with van der Waals surface area (Å²) in [7, 11) is -2.51. The maximum absolute atomic E-state index is 12.7. The Hall–Kier alpha value is -1.36. The van der Waals surface area contributed by atoms with E-state index in [-0.39, 0.29) is 37.4 Å². The van der Waals surface area contributed by atoms with Crippen LogP contribution in [-0.2, 0) is 21.5 Å². The van der Waals surface area contributed by atoms with E-state index in [4.69, 9.17) is 4.74 Å². The van der Waals surface area contributed by atoms with Gasteiger partial charge in [-0.3, -0.25) is 0 Å². The third kappa shape index (κ3) is 5.30. The summed E-state index contributed by atoms with van der Waals surface area (Å²) in [6, 6.07) is 5.47. The molecule has 1 saturated heterocycles. The Morgan fingerprint density at radius 1 is 1.24 bits per heavy atom. The molecule has 0 aliphatic carbocycles. The molecular weight excluding hydrogens is 361 g/mol. The van der Waals surface area contributed by atoms with E-state index in [1.165, 1.54) is 29.6 Å². The van der Waals surface area contributed by atoms with Gasteiger partial charge in [-0.15, -0.1) is 13.2 Å². The molecule has 1 aliphatic heterocycles. The monoisotopic (exact) mass is 382 g/mol. The van der Waals surface area contributed by atoms with Crippen LogP contribution in [-0.4, -0.2) is 55.7 Å². The summed E-state index contributed by atoms with van der Waals surface area (Å²) in [6.45, 7) is 3.68. The summed E-state index contributed by atoms with van der Waals surface area (Å²) < 4.78 is 74.7. The lowest BCUT2D eigenvalue weighted by molar-refractivity contribution is -0.274. The van der Waals surface area contributed by atoms with Crippen LogP contribution in [0.25, 0.3) is 0 Å². The van der Waals surface area contributed by atoms with Crippen molar-refractivity contribution in [1.29, 1.82) is 0 Å². The Morgan fingerprint density at radius 3 is 2.36 bits per heavy atom. The van der Waals surface area contributed by atoms with Crippen molar-refractivity contribution in [2.45, 2.75) is 39.0 Å². The quantitative estimate of drug-likeness (QED) is 0.785. The number of ether oxygens (including phenoxy) is 2. The molecule has 0 N–H and O–H groups in total. The van der Waals surface area contributed by atoms with E-state index < -0.39 is 22.3 Å². The van der Waals surface area contributed by atoms with Gasteiger partial charge in [0, 0.05) is 32.2 Å². The average Bonchev–Trinajstić information content (AvgIpc) is 2.46. The molecule has 10 heteroatoms. The van der Waals surface area contributed by atoms with Gasteiger partial charge in [0.2, 0.25) is 0 Å². The number of nitrogens with zero attached hydrogens (tertiary/aromatic N) is 2. The fourth-order valence-electron chi connectivity index (χ4n) is 2.70. The fourth-order valence-corrected chi connectivity index (χ4v) is 4.19. The molecule has 142 valence electrons. The second-order valence-electron chi connectivity index (χ2n) is 5.99. The zero-order valence-corrected chi connectivity index (χ0v) is 15.0. The predicted molar refractivity (Wildman–Crippen MR) is 85.1 cm³/mol. The Kier molecular flexibility index (Phi) is 5.97. The van der Waals surface area contributed by atoms with E-state index >= 15 is 0 Å². The Morgan fingerprint density at radius 2 is 1.80 bits per heavy atom. The van der Waals surface area contributed by atoms with Crippen molar-refractivity contribution >= 4 is 10.2 Å². The number of halogens is 3. The zero-order valence-electron chi connectivity index (χ0n) is 14.2. The van der Waals surface area contributed by atoms with Gasteiger partial charge < -0.3 is 9.47 Å². The van der Waals surface area contributed by atoms with Gasteiger partial charge in [-0.25, -0.2) is 0 Å². The van der Waals surface area contributed by atoms with Crippen molar-refractivity contribution in [2.75, 3.05) is 20.1 Å². The Bertz CT molecular complexity index is 686. The molecule has 1 aromatic carbocycles. The van der Waals surface area contributed by atoms with Crippen LogP contribution in [0.4, 0.5) is 13.2 Å². The van der Waals surface area contributed by atoms with E-state index in [1.807, 2.05) is 0 Å². The summed E-state index contributed by atoms with van der Waals surface area (Å²) >= 11 is 0. The van der Waals surface area contributed by atoms with Crippen LogP contribution >= 0.6 is 0 Å². The predicted octanol–water partition coefficient (Wildman–Crippen LogP) is 2.37. The molecule has 2 atom stereocenters. The molecular formula is C15H21F3N2O4S. The van der Waals surface area contributed by atoms with Gasteiger partial charge in [-0.1, -0.05) is 18.2 Å². The van der Waals surface area contributed by atoms with Crippen molar-refractivity contribution in [3.63, 3.8) is 0 Å². The summed E-state index contributed by atoms with van der Waals surface area (Å²) in [5, 5.41) is 0. The van der Waals surface area contributed by atoms with E-state index in [9.17, 15) is 21.6 Å². The molecule has 0 bridgehead atoms. The summed E-state index contributed by atoms with van der Waals surface area (Å²) in [4.78, 5) is 0. The first-order chi connectivity index (χ1) is 11.5. The maximum Gasteiger partial charge on any atom is 0.573 e. The number of benzene rings is 1. The van der Waals surface area contributed by atoms with E-state index in [1.54, 1.807) is 13.8 Å². The molecule has 6 nitrogen and oxygen atoms in total. The topological polar surface area (TPSA) is 59.1 Å². The van der Waals surface area contributed by atoms with Crippen molar-refractivity contribution in [1.82, 2.24) is 8.61 Å². The maximum atomic E-state index is 12.7. The van der Waals surface area contributed by atoms with Crippen LogP contribution in [0.1, 0.15) is 19.4 Å².